The zero-order chi connectivity index (χ0) is 12.1. The summed E-state index contributed by atoms with van der Waals surface area (Å²) >= 11 is 5.59. The maximum atomic E-state index is 13.5. The van der Waals surface area contributed by atoms with Crippen molar-refractivity contribution in [3.8, 4) is 5.75 Å². The second-order valence-corrected chi connectivity index (χ2v) is 3.50. The van der Waals surface area contributed by atoms with Gasteiger partial charge in [-0.1, -0.05) is 29.7 Å². The van der Waals surface area contributed by atoms with Gasteiger partial charge in [0.05, 0.1) is 5.02 Å². The van der Waals surface area contributed by atoms with Crippen molar-refractivity contribution in [3.05, 3.63) is 29.0 Å². The Morgan fingerprint density at radius 2 is 2.38 bits per heavy atom. The Bertz CT molecular complexity index is 398. The molecule has 0 radical (unpaired) electrons. The lowest BCUT2D eigenvalue weighted by Gasteiger charge is -2.16. The molecule has 0 aliphatic carbocycles. The van der Waals surface area contributed by atoms with Gasteiger partial charge in [0.25, 0.3) is 0 Å². The molecule has 1 atom stereocenters. The summed E-state index contributed by atoms with van der Waals surface area (Å²) in [5.74, 6) is -0.791. The van der Waals surface area contributed by atoms with Crippen LogP contribution in [0.15, 0.2) is 23.4 Å². The number of hydrogen-bond acceptors (Lipinski definition) is 3. The van der Waals surface area contributed by atoms with E-state index in [-0.39, 0.29) is 16.6 Å². The molecule has 0 amide bonds. The molecule has 0 aliphatic heterocycles. The highest BCUT2D eigenvalue weighted by Gasteiger charge is 2.16. The van der Waals surface area contributed by atoms with Crippen molar-refractivity contribution in [2.45, 2.75) is 19.4 Å². The van der Waals surface area contributed by atoms with Gasteiger partial charge in [0.1, 0.15) is 0 Å². The van der Waals surface area contributed by atoms with Gasteiger partial charge in [0.15, 0.2) is 23.5 Å². The van der Waals surface area contributed by atoms with E-state index in [0.29, 0.717) is 6.42 Å². The minimum absolute atomic E-state index is 0.0223. The summed E-state index contributed by atoms with van der Waals surface area (Å²) in [5, 5.41) is 11.3. The molecule has 0 heterocycles. The first-order valence-electron chi connectivity index (χ1n) is 4.68. The molecule has 1 aromatic carbocycles. The number of ether oxygens (including phenoxy) is 1. The van der Waals surface area contributed by atoms with Crippen LogP contribution in [0, 0.1) is 5.82 Å². The molecule has 88 valence electrons. The monoisotopic (exact) mass is 246 g/mol. The molecule has 0 bridgehead atoms. The summed E-state index contributed by atoms with van der Waals surface area (Å²) in [7, 11) is 0. The third-order valence-electron chi connectivity index (χ3n) is 2.00. The summed E-state index contributed by atoms with van der Waals surface area (Å²) < 4.78 is 18.7. The third kappa shape index (κ3) is 2.76. The normalized spacial score (nSPS) is 13.6. The molecule has 16 heavy (non-hydrogen) atoms. The lowest BCUT2D eigenvalue weighted by Crippen LogP contribution is -2.33. The lowest BCUT2D eigenvalue weighted by molar-refractivity contribution is 0.237. The summed E-state index contributed by atoms with van der Waals surface area (Å²) in [5.41, 5.74) is 5.38. The van der Waals surface area contributed by atoms with Gasteiger partial charge < -0.3 is 15.7 Å². The first kappa shape index (κ1) is 12.6. The molecule has 1 rings (SSSR count). The van der Waals surface area contributed by atoms with Gasteiger partial charge in [-0.25, -0.2) is 4.39 Å². The fourth-order valence-corrected chi connectivity index (χ4v) is 1.31. The maximum absolute atomic E-state index is 13.5. The third-order valence-corrected chi connectivity index (χ3v) is 2.29. The van der Waals surface area contributed by atoms with Gasteiger partial charge >= 0.3 is 0 Å². The molecule has 3 N–H and O–H groups in total. The number of rotatable bonds is 4. The van der Waals surface area contributed by atoms with Crippen LogP contribution in [0.1, 0.15) is 13.3 Å². The van der Waals surface area contributed by atoms with Crippen LogP contribution in [0.2, 0.25) is 5.02 Å². The molecule has 6 heteroatoms. The average molecular weight is 247 g/mol. The topological polar surface area (TPSA) is 67.8 Å². The molecule has 0 aromatic heterocycles. The van der Waals surface area contributed by atoms with Gasteiger partial charge in [-0.05, 0) is 18.6 Å². The van der Waals surface area contributed by atoms with Crippen molar-refractivity contribution >= 4 is 17.4 Å². The van der Waals surface area contributed by atoms with E-state index < -0.39 is 11.9 Å². The van der Waals surface area contributed by atoms with E-state index in [4.69, 9.17) is 27.3 Å². The predicted molar refractivity (Wildman–Crippen MR) is 59.5 cm³/mol. The van der Waals surface area contributed by atoms with Crippen LogP contribution in [0.25, 0.3) is 0 Å². The van der Waals surface area contributed by atoms with Crippen molar-refractivity contribution in [3.63, 3.8) is 0 Å². The fourth-order valence-electron chi connectivity index (χ4n) is 1.15. The van der Waals surface area contributed by atoms with Crippen LogP contribution in [0.3, 0.4) is 0 Å². The fraction of sp³-hybridized carbons (Fsp3) is 0.300. The van der Waals surface area contributed by atoms with Gasteiger partial charge in [-0.3, -0.25) is 0 Å². The molecular weight excluding hydrogens is 235 g/mol. The van der Waals surface area contributed by atoms with E-state index in [1.54, 1.807) is 13.0 Å². The van der Waals surface area contributed by atoms with Crippen molar-refractivity contribution in [1.82, 2.24) is 0 Å². The van der Waals surface area contributed by atoms with E-state index in [0.717, 1.165) is 0 Å². The number of benzene rings is 1. The first-order chi connectivity index (χ1) is 7.60. The van der Waals surface area contributed by atoms with Crippen LogP contribution < -0.4 is 10.5 Å². The minimum Gasteiger partial charge on any atom is -0.479 e. The first-order valence-corrected chi connectivity index (χ1v) is 5.06. The zero-order valence-corrected chi connectivity index (χ0v) is 9.41. The average Bonchev–Trinajstić information content (AvgIpc) is 2.30. The largest absolute Gasteiger partial charge is 0.479 e. The standard InChI is InChI=1S/C10H12ClFN2O2/c1-2-7(10(13)14-15)16-8-5-3-4-6(11)9(8)12/h3-5,7,15H,2H2,1H3,(H2,13,14). The van der Waals surface area contributed by atoms with Crippen LogP contribution in [0.4, 0.5) is 4.39 Å². The Morgan fingerprint density at radius 1 is 1.69 bits per heavy atom. The summed E-state index contributed by atoms with van der Waals surface area (Å²) in [6.45, 7) is 1.77. The van der Waals surface area contributed by atoms with Crippen LogP contribution in [-0.2, 0) is 0 Å². The Labute approximate surface area is 97.5 Å². The molecule has 0 spiro atoms. The summed E-state index contributed by atoms with van der Waals surface area (Å²) in [6, 6.07) is 4.39. The van der Waals surface area contributed by atoms with Gasteiger partial charge in [-0.15, -0.1) is 0 Å². The zero-order valence-electron chi connectivity index (χ0n) is 8.65. The number of amidine groups is 1. The molecule has 4 nitrogen and oxygen atoms in total. The Kier molecular flexibility index (Phi) is 4.37. The Hall–Kier alpha value is -1.49. The van der Waals surface area contributed by atoms with E-state index in [2.05, 4.69) is 5.16 Å². The van der Waals surface area contributed by atoms with Crippen molar-refractivity contribution < 1.29 is 14.3 Å². The highest BCUT2D eigenvalue weighted by molar-refractivity contribution is 6.30. The number of oxime groups is 1. The molecule has 0 saturated carbocycles. The van der Waals surface area contributed by atoms with Gasteiger partial charge in [-0.2, -0.15) is 0 Å². The number of nitrogens with two attached hydrogens (primary N) is 1. The van der Waals surface area contributed by atoms with Crippen molar-refractivity contribution in [2.24, 2.45) is 10.9 Å². The predicted octanol–water partition coefficient (Wildman–Crippen LogP) is 2.38. The summed E-state index contributed by atoms with van der Waals surface area (Å²) in [4.78, 5) is 0. The molecule has 0 fully saturated rings. The van der Waals surface area contributed by atoms with Crippen molar-refractivity contribution in [2.75, 3.05) is 0 Å². The molecule has 0 aliphatic rings. The molecular formula is C10H12ClFN2O2. The molecule has 1 aromatic rings. The highest BCUT2D eigenvalue weighted by atomic mass is 35.5. The van der Waals surface area contributed by atoms with Crippen LogP contribution in [-0.4, -0.2) is 17.1 Å². The Balaban J connectivity index is 2.90. The van der Waals surface area contributed by atoms with Gasteiger partial charge in [0, 0.05) is 0 Å². The van der Waals surface area contributed by atoms with E-state index in [1.165, 1.54) is 12.1 Å². The second-order valence-electron chi connectivity index (χ2n) is 3.09. The molecule has 1 unspecified atom stereocenters. The van der Waals surface area contributed by atoms with Gasteiger partial charge in [0.2, 0.25) is 0 Å². The molecule has 0 saturated heterocycles. The Morgan fingerprint density at radius 3 is 2.94 bits per heavy atom. The van der Waals surface area contributed by atoms with Crippen LogP contribution >= 0.6 is 11.6 Å². The SMILES string of the molecule is CCC(Oc1cccc(Cl)c1F)/C(N)=N/O. The minimum atomic E-state index is -0.682. The summed E-state index contributed by atoms with van der Waals surface area (Å²) in [6.07, 6.45) is -0.236. The highest BCUT2D eigenvalue weighted by Crippen LogP contribution is 2.25. The smallest absolute Gasteiger partial charge is 0.183 e. The number of nitrogens with zero attached hydrogens (tertiary/aromatic N) is 1. The van der Waals surface area contributed by atoms with E-state index >= 15 is 0 Å². The van der Waals surface area contributed by atoms with Crippen LogP contribution in [0.5, 0.6) is 5.75 Å². The maximum Gasteiger partial charge on any atom is 0.183 e. The number of halogens is 2. The number of hydrogen-bond donors (Lipinski definition) is 2. The second kappa shape index (κ2) is 5.55. The van der Waals surface area contributed by atoms with Crippen molar-refractivity contribution in [1.29, 1.82) is 0 Å². The van der Waals surface area contributed by atoms with E-state index in [1.807, 2.05) is 0 Å². The quantitative estimate of drug-likeness (QED) is 0.371. The lowest BCUT2D eigenvalue weighted by atomic mass is 10.2. The van der Waals surface area contributed by atoms with E-state index in [9.17, 15) is 4.39 Å².